The van der Waals surface area contributed by atoms with Crippen molar-refractivity contribution in [2.45, 2.75) is 90.4 Å². The molecule has 3 aliphatic rings. The minimum Gasteiger partial charge on any atom is -0.469 e. The molecule has 5 rings (SSSR count). The maximum absolute atomic E-state index is 13.6. The van der Waals surface area contributed by atoms with Crippen molar-refractivity contribution in [3.63, 3.8) is 0 Å². The maximum atomic E-state index is 13.6. The van der Waals surface area contributed by atoms with Crippen molar-refractivity contribution < 1.29 is 18.8 Å². The maximum Gasteiger partial charge on any atom is 0.308 e. The highest BCUT2D eigenvalue weighted by molar-refractivity contribution is 5.94. The third kappa shape index (κ3) is 4.96. The number of carbonyl (C=O) groups is 2. The molecule has 3 saturated carbocycles. The van der Waals surface area contributed by atoms with Crippen molar-refractivity contribution in [1.29, 1.82) is 0 Å². The largest absolute Gasteiger partial charge is 0.469 e. The van der Waals surface area contributed by atoms with E-state index in [1.165, 1.54) is 31.9 Å². The van der Waals surface area contributed by atoms with Crippen molar-refractivity contribution in [1.82, 2.24) is 5.16 Å². The highest BCUT2D eigenvalue weighted by Gasteiger charge is 2.48. The minimum absolute atomic E-state index is 0.0507. The Bertz CT molecular complexity index is 1130. The second-order valence-corrected chi connectivity index (χ2v) is 12.0. The summed E-state index contributed by atoms with van der Waals surface area (Å²) >= 11 is 0. The number of esters is 1. The minimum atomic E-state index is -0.347. The lowest BCUT2D eigenvalue weighted by atomic mass is 9.69. The highest BCUT2D eigenvalue weighted by Crippen LogP contribution is 2.55. The van der Waals surface area contributed by atoms with E-state index in [-0.39, 0.29) is 29.6 Å². The first-order chi connectivity index (χ1) is 17.2. The van der Waals surface area contributed by atoms with E-state index in [1.54, 1.807) is 0 Å². The van der Waals surface area contributed by atoms with Gasteiger partial charge in [0.25, 0.3) is 0 Å². The van der Waals surface area contributed by atoms with Gasteiger partial charge in [-0.1, -0.05) is 36.7 Å². The van der Waals surface area contributed by atoms with Gasteiger partial charge in [0.2, 0.25) is 5.91 Å². The van der Waals surface area contributed by atoms with Crippen molar-refractivity contribution in [3.05, 3.63) is 46.3 Å². The number of aryl methyl sites for hydroxylation is 2. The lowest BCUT2D eigenvalue weighted by Gasteiger charge is -2.35. The molecule has 3 aliphatic carbocycles. The molecule has 3 fully saturated rings. The summed E-state index contributed by atoms with van der Waals surface area (Å²) in [6, 6.07) is 6.03. The van der Waals surface area contributed by atoms with E-state index in [0.29, 0.717) is 30.6 Å². The van der Waals surface area contributed by atoms with Gasteiger partial charge >= 0.3 is 5.97 Å². The number of anilines is 1. The molecule has 1 heterocycles. The predicted molar refractivity (Wildman–Crippen MR) is 139 cm³/mol. The lowest BCUT2D eigenvalue weighted by Crippen LogP contribution is -2.26. The number of carbonyl (C=O) groups excluding carboxylic acids is 2. The molecule has 194 valence electrons. The molecule has 0 bridgehead atoms. The summed E-state index contributed by atoms with van der Waals surface area (Å²) in [7, 11) is 1.43. The Morgan fingerprint density at radius 1 is 1.11 bits per heavy atom. The molecule has 36 heavy (non-hydrogen) atoms. The van der Waals surface area contributed by atoms with Crippen LogP contribution in [0.5, 0.6) is 0 Å². The Morgan fingerprint density at radius 2 is 1.86 bits per heavy atom. The zero-order valence-corrected chi connectivity index (χ0v) is 22.3. The van der Waals surface area contributed by atoms with Crippen molar-refractivity contribution in [3.8, 4) is 0 Å². The van der Waals surface area contributed by atoms with Gasteiger partial charge in [-0.25, -0.2) is 0 Å². The summed E-state index contributed by atoms with van der Waals surface area (Å²) in [5.74, 6) is 2.37. The zero-order chi connectivity index (χ0) is 25.6. The molecule has 1 aromatic carbocycles. The van der Waals surface area contributed by atoms with Crippen LogP contribution >= 0.6 is 0 Å². The number of nitrogens with zero attached hydrogens (tertiary/aromatic N) is 1. The molecule has 3 atom stereocenters. The van der Waals surface area contributed by atoms with E-state index >= 15 is 0 Å². The van der Waals surface area contributed by atoms with Crippen LogP contribution < -0.4 is 5.32 Å². The molecule has 6 nitrogen and oxygen atoms in total. The quantitative estimate of drug-likeness (QED) is 0.418. The van der Waals surface area contributed by atoms with Crippen LogP contribution in [0.25, 0.3) is 0 Å². The fraction of sp³-hybridized carbons (Fsp3) is 0.633. The molecule has 1 N–H and O–H groups in total. The van der Waals surface area contributed by atoms with Crippen molar-refractivity contribution in [2.75, 3.05) is 12.4 Å². The van der Waals surface area contributed by atoms with E-state index in [0.717, 1.165) is 47.0 Å². The Morgan fingerprint density at radius 3 is 2.50 bits per heavy atom. The normalized spacial score (nSPS) is 27.7. The third-order valence-corrected chi connectivity index (χ3v) is 8.61. The highest BCUT2D eigenvalue weighted by atomic mass is 16.5. The summed E-state index contributed by atoms with van der Waals surface area (Å²) in [6.45, 7) is 8.63. The standard InChI is InChI=1S/C30H40N2O4/c1-16(2)10-19-12-21(13-19)28-26(20-7-8-20)27(32-36-28)23-14-22(30(34)35-5)15-24(23)29(33)31-25-9-6-17(3)11-18(25)4/h6,9,11,16,19-24H,7-8,10,12-15H2,1-5H3,(H,31,33)/t19?,21?,22-,23-,24-/m1/s1. The molecule has 0 spiro atoms. The number of rotatable bonds is 8. The zero-order valence-electron chi connectivity index (χ0n) is 22.3. The summed E-state index contributed by atoms with van der Waals surface area (Å²) in [6.07, 6.45) is 6.94. The molecular formula is C30H40N2O4. The fourth-order valence-electron chi connectivity index (χ4n) is 6.64. The summed E-state index contributed by atoms with van der Waals surface area (Å²) in [5, 5.41) is 7.78. The molecule has 2 aromatic rings. The van der Waals surface area contributed by atoms with Crippen LogP contribution in [0.15, 0.2) is 22.7 Å². The number of benzene rings is 1. The lowest BCUT2D eigenvalue weighted by molar-refractivity contribution is -0.145. The van der Waals surface area contributed by atoms with Crippen LogP contribution in [0.3, 0.4) is 0 Å². The summed E-state index contributed by atoms with van der Waals surface area (Å²) in [5.41, 5.74) is 5.19. The first-order valence-electron chi connectivity index (χ1n) is 13.7. The molecule has 6 heteroatoms. The monoisotopic (exact) mass is 492 g/mol. The third-order valence-electron chi connectivity index (χ3n) is 8.61. The molecule has 1 amide bonds. The van der Waals surface area contributed by atoms with Gasteiger partial charge < -0.3 is 14.6 Å². The SMILES string of the molecule is COC(=O)[C@H]1C[C@@H](C(=O)Nc2ccc(C)cc2C)[C@H](c2noc(C3CC(CC(C)C)C3)c2C2CC2)C1. The van der Waals surface area contributed by atoms with E-state index in [4.69, 9.17) is 9.26 Å². The fourth-order valence-corrected chi connectivity index (χ4v) is 6.64. The predicted octanol–water partition coefficient (Wildman–Crippen LogP) is 6.63. The number of methoxy groups -OCH3 is 1. The average molecular weight is 493 g/mol. The Kier molecular flexibility index (Phi) is 6.97. The summed E-state index contributed by atoms with van der Waals surface area (Å²) < 4.78 is 11.2. The van der Waals surface area contributed by atoms with Crippen LogP contribution in [0.1, 0.15) is 105 Å². The van der Waals surface area contributed by atoms with Gasteiger partial charge in [0.05, 0.1) is 18.7 Å². The van der Waals surface area contributed by atoms with Crippen molar-refractivity contribution in [2.24, 2.45) is 23.7 Å². The molecule has 0 saturated heterocycles. The van der Waals surface area contributed by atoms with Gasteiger partial charge in [-0.2, -0.15) is 0 Å². The molecule has 0 aliphatic heterocycles. The van der Waals surface area contributed by atoms with Crippen LogP contribution in [0.2, 0.25) is 0 Å². The van der Waals surface area contributed by atoms with E-state index in [2.05, 4.69) is 30.4 Å². The topological polar surface area (TPSA) is 81.4 Å². The van der Waals surface area contributed by atoms with Crippen molar-refractivity contribution >= 4 is 17.6 Å². The first kappa shape index (κ1) is 25.0. The second kappa shape index (κ2) is 10.0. The number of aromatic nitrogens is 1. The Labute approximate surface area is 214 Å². The molecular weight excluding hydrogens is 452 g/mol. The van der Waals surface area contributed by atoms with E-state index < -0.39 is 0 Å². The number of ether oxygens (including phenoxy) is 1. The van der Waals surface area contributed by atoms with Crippen LogP contribution in [0, 0.1) is 37.5 Å². The smallest absolute Gasteiger partial charge is 0.308 e. The van der Waals surface area contributed by atoms with Gasteiger partial charge in [-0.05, 0) is 88.2 Å². The van der Waals surface area contributed by atoms with Gasteiger partial charge in [-0.15, -0.1) is 0 Å². The first-order valence-corrected chi connectivity index (χ1v) is 13.7. The van der Waals surface area contributed by atoms with Crippen LogP contribution in [-0.4, -0.2) is 24.1 Å². The van der Waals surface area contributed by atoms with E-state index in [9.17, 15) is 9.59 Å². The van der Waals surface area contributed by atoms with Crippen LogP contribution in [-0.2, 0) is 14.3 Å². The van der Waals surface area contributed by atoms with E-state index in [1.807, 2.05) is 26.0 Å². The molecule has 0 radical (unpaired) electrons. The molecule has 0 unspecified atom stereocenters. The number of nitrogens with one attached hydrogen (secondary N) is 1. The average Bonchev–Trinajstić information content (AvgIpc) is 3.40. The molecule has 1 aromatic heterocycles. The summed E-state index contributed by atoms with van der Waals surface area (Å²) in [4.78, 5) is 26.2. The van der Waals surface area contributed by atoms with Crippen LogP contribution in [0.4, 0.5) is 5.69 Å². The Balaban J connectivity index is 1.41. The second-order valence-electron chi connectivity index (χ2n) is 12.0. The number of amides is 1. The Hall–Kier alpha value is -2.63. The van der Waals surface area contributed by atoms with Gasteiger partial charge in [0.15, 0.2) is 0 Å². The number of hydrogen-bond donors (Lipinski definition) is 1. The van der Waals surface area contributed by atoms with Gasteiger partial charge in [0, 0.05) is 29.0 Å². The van der Waals surface area contributed by atoms with Gasteiger partial charge in [-0.3, -0.25) is 9.59 Å². The van der Waals surface area contributed by atoms with Gasteiger partial charge in [0.1, 0.15) is 5.76 Å². The number of hydrogen-bond acceptors (Lipinski definition) is 5.